The molecule has 1 nitrogen and oxygen atoms in total. The molecule has 114 valence electrons. The van der Waals surface area contributed by atoms with Gasteiger partial charge in [0.15, 0.2) is 0 Å². The highest BCUT2D eigenvalue weighted by molar-refractivity contribution is 5.48. The fourth-order valence-electron chi connectivity index (χ4n) is 5.14. The predicted octanol–water partition coefficient (Wildman–Crippen LogP) is 6.09. The van der Waals surface area contributed by atoms with E-state index in [-0.39, 0.29) is 0 Å². The van der Waals surface area contributed by atoms with Crippen LogP contribution in [-0.2, 0) is 0 Å². The maximum Gasteiger partial charge on any atom is 0.0974 e. The lowest BCUT2D eigenvalue weighted by Gasteiger charge is -2.57. The largest absolute Gasteiger partial charge is 0.472 e. The van der Waals surface area contributed by atoms with E-state index in [1.165, 1.54) is 37.7 Å². The minimum atomic E-state index is 0.372. The maximum atomic E-state index is 5.17. The summed E-state index contributed by atoms with van der Waals surface area (Å²) in [5.74, 6) is 1.31. The summed E-state index contributed by atoms with van der Waals surface area (Å²) in [6, 6.07) is 2.02. The first-order chi connectivity index (χ1) is 9.93. The van der Waals surface area contributed by atoms with Gasteiger partial charge in [-0.3, -0.25) is 0 Å². The molecule has 3 atom stereocenters. The number of fused-ring (bicyclic) bond motifs is 1. The average molecular weight is 284 g/mol. The zero-order chi connectivity index (χ0) is 15.1. The fraction of sp³-hybridized carbons (Fsp3) is 0.600. The van der Waals surface area contributed by atoms with E-state index in [0.717, 1.165) is 11.5 Å². The van der Waals surface area contributed by atoms with Crippen molar-refractivity contribution < 1.29 is 4.42 Å². The number of furan rings is 1. The van der Waals surface area contributed by atoms with Crippen LogP contribution in [0.25, 0.3) is 6.08 Å². The molecule has 0 aromatic carbocycles. The molecule has 0 aliphatic heterocycles. The van der Waals surface area contributed by atoms with Gasteiger partial charge in [-0.25, -0.2) is 0 Å². The fourth-order valence-corrected chi connectivity index (χ4v) is 5.14. The van der Waals surface area contributed by atoms with Crippen LogP contribution < -0.4 is 0 Å². The first-order valence-electron chi connectivity index (χ1n) is 8.31. The van der Waals surface area contributed by atoms with Crippen LogP contribution in [0.5, 0.6) is 0 Å². The maximum absolute atomic E-state index is 5.17. The smallest absolute Gasteiger partial charge is 0.0974 e. The minimum Gasteiger partial charge on any atom is -0.472 e. The van der Waals surface area contributed by atoms with Crippen molar-refractivity contribution in [3.05, 3.63) is 42.4 Å². The second-order valence-electron chi connectivity index (χ2n) is 7.99. The highest BCUT2D eigenvalue weighted by Crippen LogP contribution is 2.61. The monoisotopic (exact) mass is 284 g/mol. The van der Waals surface area contributed by atoms with Gasteiger partial charge in [-0.1, -0.05) is 51.5 Å². The topological polar surface area (TPSA) is 13.1 Å². The number of rotatable bonds is 2. The third-order valence-corrected chi connectivity index (χ3v) is 6.20. The van der Waals surface area contributed by atoms with Gasteiger partial charge in [0.1, 0.15) is 0 Å². The Morgan fingerprint density at radius 3 is 2.81 bits per heavy atom. The van der Waals surface area contributed by atoms with E-state index < -0.39 is 0 Å². The van der Waals surface area contributed by atoms with Crippen LogP contribution in [0.15, 0.2) is 41.2 Å². The average Bonchev–Trinajstić information content (AvgIpc) is 2.90. The van der Waals surface area contributed by atoms with E-state index in [0.29, 0.717) is 16.7 Å². The van der Waals surface area contributed by atoms with Crippen molar-refractivity contribution in [1.29, 1.82) is 0 Å². The van der Waals surface area contributed by atoms with Crippen molar-refractivity contribution in [2.24, 2.45) is 22.7 Å². The molecule has 0 saturated heterocycles. The van der Waals surface area contributed by atoms with E-state index in [1.54, 1.807) is 6.26 Å². The number of hydrogen-bond acceptors (Lipinski definition) is 1. The van der Waals surface area contributed by atoms with E-state index >= 15 is 0 Å². The summed E-state index contributed by atoms with van der Waals surface area (Å²) in [4.78, 5) is 0. The summed E-state index contributed by atoms with van der Waals surface area (Å²) in [7, 11) is 0. The molecule has 2 saturated carbocycles. The molecule has 0 amide bonds. The Kier molecular flexibility index (Phi) is 3.63. The highest BCUT2D eigenvalue weighted by Gasteiger charge is 2.52. The summed E-state index contributed by atoms with van der Waals surface area (Å²) in [6.07, 6.45) is 14.7. The van der Waals surface area contributed by atoms with E-state index in [1.807, 2.05) is 12.3 Å². The molecule has 3 rings (SSSR count). The van der Waals surface area contributed by atoms with Gasteiger partial charge in [-0.15, -0.1) is 0 Å². The van der Waals surface area contributed by atoms with Crippen molar-refractivity contribution in [3.8, 4) is 0 Å². The van der Waals surface area contributed by atoms with Gasteiger partial charge >= 0.3 is 0 Å². The lowest BCUT2D eigenvalue weighted by atomic mass is 9.47. The molecule has 1 heterocycles. The van der Waals surface area contributed by atoms with Crippen LogP contribution in [-0.4, -0.2) is 0 Å². The molecule has 21 heavy (non-hydrogen) atoms. The van der Waals surface area contributed by atoms with Crippen LogP contribution in [0.3, 0.4) is 0 Å². The van der Waals surface area contributed by atoms with Crippen LogP contribution >= 0.6 is 0 Å². The second kappa shape index (κ2) is 5.19. The Labute approximate surface area is 129 Å². The Morgan fingerprint density at radius 2 is 2.10 bits per heavy atom. The van der Waals surface area contributed by atoms with Crippen LogP contribution in [0.1, 0.15) is 58.4 Å². The molecule has 2 aliphatic carbocycles. The Morgan fingerprint density at radius 1 is 1.29 bits per heavy atom. The quantitative estimate of drug-likeness (QED) is 0.599. The summed E-state index contributed by atoms with van der Waals surface area (Å²) in [5, 5.41) is 0. The first kappa shape index (κ1) is 14.7. The van der Waals surface area contributed by atoms with Crippen molar-refractivity contribution in [2.45, 2.75) is 52.9 Å². The van der Waals surface area contributed by atoms with Gasteiger partial charge in [-0.2, -0.15) is 0 Å². The molecule has 0 bridgehead atoms. The van der Waals surface area contributed by atoms with Gasteiger partial charge in [0.05, 0.1) is 12.5 Å². The third-order valence-electron chi connectivity index (χ3n) is 6.20. The van der Waals surface area contributed by atoms with E-state index in [4.69, 9.17) is 4.42 Å². The van der Waals surface area contributed by atoms with Crippen molar-refractivity contribution in [3.63, 3.8) is 0 Å². The molecular weight excluding hydrogens is 256 g/mol. The number of hydrogen-bond donors (Lipinski definition) is 0. The summed E-state index contributed by atoms with van der Waals surface area (Å²) in [6.45, 7) is 11.9. The van der Waals surface area contributed by atoms with Crippen LogP contribution in [0, 0.1) is 22.7 Å². The third kappa shape index (κ3) is 2.52. The van der Waals surface area contributed by atoms with Crippen molar-refractivity contribution >= 4 is 6.08 Å². The standard InChI is InChI=1S/C20H28O/c1-15-6-9-18-19(2,3)11-5-12-20(18,4)17(15)8-7-16-10-13-21-14-16/h7-8,10,13-14,17-18H,1,5-6,9,11-12H2,2-4H3/b8-7+/t17-,18-,20-/m0/s1. The molecule has 1 aromatic rings. The van der Waals surface area contributed by atoms with Crippen LogP contribution in [0.4, 0.5) is 0 Å². The van der Waals surface area contributed by atoms with Crippen LogP contribution in [0.2, 0.25) is 0 Å². The van der Waals surface area contributed by atoms with Gasteiger partial charge < -0.3 is 4.42 Å². The van der Waals surface area contributed by atoms with E-state index in [9.17, 15) is 0 Å². The second-order valence-corrected chi connectivity index (χ2v) is 7.99. The molecule has 1 aromatic heterocycles. The van der Waals surface area contributed by atoms with Crippen molar-refractivity contribution in [2.75, 3.05) is 0 Å². The van der Waals surface area contributed by atoms with Gasteiger partial charge in [-0.05, 0) is 48.5 Å². The zero-order valence-corrected chi connectivity index (χ0v) is 13.7. The highest BCUT2D eigenvalue weighted by atomic mass is 16.3. The summed E-state index contributed by atoms with van der Waals surface area (Å²) < 4.78 is 5.17. The molecule has 1 heteroatoms. The minimum absolute atomic E-state index is 0.372. The Bertz CT molecular complexity index is 534. The Hall–Kier alpha value is -1.24. The number of allylic oxidation sites excluding steroid dienone is 2. The summed E-state index contributed by atoms with van der Waals surface area (Å²) in [5.41, 5.74) is 3.42. The lowest BCUT2D eigenvalue weighted by Crippen LogP contribution is -2.48. The zero-order valence-electron chi connectivity index (χ0n) is 13.7. The normalized spacial score (nSPS) is 35.9. The lowest BCUT2D eigenvalue weighted by molar-refractivity contribution is -0.0389. The predicted molar refractivity (Wildman–Crippen MR) is 88.8 cm³/mol. The first-order valence-corrected chi connectivity index (χ1v) is 8.31. The van der Waals surface area contributed by atoms with Crippen molar-refractivity contribution in [1.82, 2.24) is 0 Å². The molecule has 0 radical (unpaired) electrons. The van der Waals surface area contributed by atoms with Gasteiger partial charge in [0.25, 0.3) is 0 Å². The molecule has 0 unspecified atom stereocenters. The summed E-state index contributed by atoms with van der Waals surface area (Å²) >= 11 is 0. The molecular formula is C20H28O. The molecule has 2 fully saturated rings. The van der Waals surface area contributed by atoms with Gasteiger partial charge in [0, 0.05) is 11.5 Å². The Balaban J connectivity index is 1.91. The molecule has 2 aliphatic rings. The molecule has 0 spiro atoms. The van der Waals surface area contributed by atoms with E-state index in [2.05, 4.69) is 39.5 Å². The van der Waals surface area contributed by atoms with Gasteiger partial charge in [0.2, 0.25) is 0 Å². The SMILES string of the molecule is C=C1CC[C@H]2C(C)(C)CCC[C@@]2(C)[C@H]1/C=C/c1ccoc1. The molecule has 0 N–H and O–H groups in total.